The molecular weight excluding hydrogens is 240 g/mol. The fraction of sp³-hybridized carbons (Fsp3) is 0.214. The molecule has 0 aliphatic carbocycles. The van der Waals surface area contributed by atoms with Gasteiger partial charge in [-0.1, -0.05) is 18.2 Å². The van der Waals surface area contributed by atoms with Crippen LogP contribution in [0.15, 0.2) is 42.6 Å². The first-order valence-electron chi connectivity index (χ1n) is 6.04. The van der Waals surface area contributed by atoms with Crippen LogP contribution in [-0.2, 0) is 6.42 Å². The highest BCUT2D eigenvalue weighted by Gasteiger charge is 2.15. The van der Waals surface area contributed by atoms with Crippen molar-refractivity contribution in [2.45, 2.75) is 12.5 Å². The second-order valence-corrected chi connectivity index (χ2v) is 4.25. The molecule has 0 saturated carbocycles. The van der Waals surface area contributed by atoms with Crippen LogP contribution in [-0.4, -0.2) is 12.1 Å². The monoisotopic (exact) mass is 258 g/mol. The first-order valence-corrected chi connectivity index (χ1v) is 6.04. The van der Waals surface area contributed by atoms with Gasteiger partial charge in [0, 0.05) is 11.8 Å². The van der Waals surface area contributed by atoms with Gasteiger partial charge in [-0.25, -0.2) is 4.98 Å². The lowest BCUT2D eigenvalue weighted by atomic mass is 9.99. The van der Waals surface area contributed by atoms with Crippen molar-refractivity contribution in [3.8, 4) is 5.75 Å². The molecule has 0 bridgehead atoms. The van der Waals surface area contributed by atoms with Crippen LogP contribution in [0, 0.1) is 0 Å². The molecule has 19 heavy (non-hydrogen) atoms. The Morgan fingerprint density at radius 2 is 2.11 bits per heavy atom. The Balaban J connectivity index is 2.25. The van der Waals surface area contributed by atoms with Crippen molar-refractivity contribution in [2.75, 3.05) is 12.8 Å². The predicted molar refractivity (Wildman–Crippen MR) is 75.4 cm³/mol. The van der Waals surface area contributed by atoms with Gasteiger partial charge in [-0.15, -0.1) is 0 Å². The van der Waals surface area contributed by atoms with Crippen LogP contribution in [0.5, 0.6) is 5.75 Å². The number of nitrogens with one attached hydrogen (secondary N) is 1. The highest BCUT2D eigenvalue weighted by atomic mass is 16.5. The molecule has 0 amide bonds. The second kappa shape index (κ2) is 6.17. The first-order chi connectivity index (χ1) is 9.24. The number of nitrogens with two attached hydrogens (primary N) is 2. The number of methoxy groups -OCH3 is 1. The third kappa shape index (κ3) is 3.21. The molecule has 0 aliphatic heterocycles. The molecule has 2 rings (SSSR count). The van der Waals surface area contributed by atoms with E-state index in [2.05, 4.69) is 10.4 Å². The zero-order chi connectivity index (χ0) is 13.7. The van der Waals surface area contributed by atoms with E-state index in [0.717, 1.165) is 16.9 Å². The predicted octanol–water partition coefficient (Wildman–Crippen LogP) is 1.42. The maximum atomic E-state index is 5.68. The van der Waals surface area contributed by atoms with Gasteiger partial charge < -0.3 is 10.5 Å². The zero-order valence-corrected chi connectivity index (χ0v) is 10.8. The van der Waals surface area contributed by atoms with Crippen molar-refractivity contribution in [1.29, 1.82) is 0 Å². The van der Waals surface area contributed by atoms with Crippen molar-refractivity contribution in [1.82, 2.24) is 10.4 Å². The van der Waals surface area contributed by atoms with Gasteiger partial charge in [0.05, 0.1) is 13.2 Å². The standard InChI is InChI=1S/C14H18N4O/c1-19-13-5-3-2-4-11(13)12(18-16)8-10-6-7-17-14(15)9-10/h2-7,9,12,18H,8,16H2,1H3,(H2,15,17). The molecule has 5 heteroatoms. The number of anilines is 1. The average Bonchev–Trinajstić information content (AvgIpc) is 2.45. The van der Waals surface area contributed by atoms with E-state index in [1.807, 2.05) is 36.4 Å². The maximum absolute atomic E-state index is 5.68. The number of rotatable bonds is 5. The van der Waals surface area contributed by atoms with E-state index < -0.39 is 0 Å². The Labute approximate surface area is 112 Å². The lowest BCUT2D eigenvalue weighted by molar-refractivity contribution is 0.399. The van der Waals surface area contributed by atoms with Gasteiger partial charge in [-0.05, 0) is 30.2 Å². The molecular formula is C14H18N4O. The quantitative estimate of drug-likeness (QED) is 0.558. The molecule has 0 fully saturated rings. The van der Waals surface area contributed by atoms with Gasteiger partial charge in [0.25, 0.3) is 0 Å². The largest absolute Gasteiger partial charge is 0.496 e. The minimum Gasteiger partial charge on any atom is -0.496 e. The number of benzene rings is 1. The number of pyridine rings is 1. The maximum Gasteiger partial charge on any atom is 0.123 e. The summed E-state index contributed by atoms with van der Waals surface area (Å²) in [5.74, 6) is 6.98. The second-order valence-electron chi connectivity index (χ2n) is 4.25. The van der Waals surface area contributed by atoms with Gasteiger partial charge in [-0.3, -0.25) is 11.3 Å². The van der Waals surface area contributed by atoms with Crippen molar-refractivity contribution in [3.63, 3.8) is 0 Å². The van der Waals surface area contributed by atoms with E-state index in [9.17, 15) is 0 Å². The molecule has 1 heterocycles. The fourth-order valence-corrected chi connectivity index (χ4v) is 2.07. The first kappa shape index (κ1) is 13.3. The van der Waals surface area contributed by atoms with E-state index >= 15 is 0 Å². The van der Waals surface area contributed by atoms with Crippen LogP contribution in [0.4, 0.5) is 5.82 Å². The summed E-state index contributed by atoms with van der Waals surface area (Å²) in [6.07, 6.45) is 2.41. The summed E-state index contributed by atoms with van der Waals surface area (Å²) in [5.41, 5.74) is 10.6. The van der Waals surface area contributed by atoms with Crippen LogP contribution in [0.3, 0.4) is 0 Å². The smallest absolute Gasteiger partial charge is 0.123 e. The lowest BCUT2D eigenvalue weighted by Crippen LogP contribution is -2.30. The number of hydrogen-bond donors (Lipinski definition) is 3. The zero-order valence-electron chi connectivity index (χ0n) is 10.8. The van der Waals surface area contributed by atoms with E-state index in [4.69, 9.17) is 16.3 Å². The molecule has 0 radical (unpaired) electrons. The normalized spacial score (nSPS) is 12.1. The summed E-state index contributed by atoms with van der Waals surface area (Å²) in [5, 5.41) is 0. The van der Waals surface area contributed by atoms with Crippen molar-refractivity contribution in [2.24, 2.45) is 5.84 Å². The number of aromatic nitrogens is 1. The average molecular weight is 258 g/mol. The Morgan fingerprint density at radius 1 is 1.32 bits per heavy atom. The Morgan fingerprint density at radius 3 is 2.79 bits per heavy atom. The molecule has 0 spiro atoms. The number of hydrazine groups is 1. The summed E-state index contributed by atoms with van der Waals surface area (Å²) in [6.45, 7) is 0. The fourth-order valence-electron chi connectivity index (χ4n) is 2.07. The molecule has 5 N–H and O–H groups in total. The molecule has 100 valence electrons. The Kier molecular flexibility index (Phi) is 4.33. The third-order valence-electron chi connectivity index (χ3n) is 3.00. The molecule has 5 nitrogen and oxygen atoms in total. The Bertz CT molecular complexity index is 544. The van der Waals surface area contributed by atoms with Crippen LogP contribution in [0.2, 0.25) is 0 Å². The van der Waals surface area contributed by atoms with E-state index in [0.29, 0.717) is 12.2 Å². The van der Waals surface area contributed by atoms with Crippen molar-refractivity contribution in [3.05, 3.63) is 53.7 Å². The summed E-state index contributed by atoms with van der Waals surface area (Å²) >= 11 is 0. The highest BCUT2D eigenvalue weighted by molar-refractivity contribution is 5.38. The van der Waals surface area contributed by atoms with Gasteiger partial charge >= 0.3 is 0 Å². The van der Waals surface area contributed by atoms with Crippen LogP contribution in [0.25, 0.3) is 0 Å². The third-order valence-corrected chi connectivity index (χ3v) is 3.00. The minimum atomic E-state index is -0.0436. The lowest BCUT2D eigenvalue weighted by Gasteiger charge is -2.19. The number of para-hydroxylation sites is 1. The van der Waals surface area contributed by atoms with E-state index in [1.165, 1.54) is 0 Å². The molecule has 1 aromatic heterocycles. The molecule has 2 aromatic rings. The van der Waals surface area contributed by atoms with Crippen molar-refractivity contribution < 1.29 is 4.74 Å². The minimum absolute atomic E-state index is 0.0436. The van der Waals surface area contributed by atoms with Gasteiger partial charge in [0.2, 0.25) is 0 Å². The van der Waals surface area contributed by atoms with E-state index in [-0.39, 0.29) is 6.04 Å². The summed E-state index contributed by atoms with van der Waals surface area (Å²) in [7, 11) is 1.65. The summed E-state index contributed by atoms with van der Waals surface area (Å²) in [4.78, 5) is 3.98. The summed E-state index contributed by atoms with van der Waals surface area (Å²) < 4.78 is 5.36. The van der Waals surface area contributed by atoms with Crippen LogP contribution < -0.4 is 21.7 Å². The van der Waals surface area contributed by atoms with E-state index in [1.54, 1.807) is 13.3 Å². The SMILES string of the molecule is COc1ccccc1C(Cc1ccnc(N)c1)NN. The highest BCUT2D eigenvalue weighted by Crippen LogP contribution is 2.26. The molecule has 1 aromatic carbocycles. The Hall–Kier alpha value is -2.11. The molecule has 1 unspecified atom stereocenters. The van der Waals surface area contributed by atoms with Gasteiger partial charge in [0.1, 0.15) is 11.6 Å². The molecule has 1 atom stereocenters. The van der Waals surface area contributed by atoms with Crippen LogP contribution in [0.1, 0.15) is 17.2 Å². The number of hydrogen-bond acceptors (Lipinski definition) is 5. The molecule has 0 aliphatic rings. The number of nitrogens with zero attached hydrogens (tertiary/aromatic N) is 1. The van der Waals surface area contributed by atoms with Gasteiger partial charge in [-0.2, -0.15) is 0 Å². The number of ether oxygens (including phenoxy) is 1. The van der Waals surface area contributed by atoms with Crippen LogP contribution >= 0.6 is 0 Å². The van der Waals surface area contributed by atoms with Crippen molar-refractivity contribution >= 4 is 5.82 Å². The number of nitrogen functional groups attached to an aromatic ring is 1. The molecule has 0 saturated heterocycles. The topological polar surface area (TPSA) is 86.2 Å². The summed E-state index contributed by atoms with van der Waals surface area (Å²) in [6, 6.07) is 11.5. The van der Waals surface area contributed by atoms with Gasteiger partial charge in [0.15, 0.2) is 0 Å².